The van der Waals surface area contributed by atoms with Crippen molar-refractivity contribution in [3.8, 4) is 5.75 Å². The number of hydrogen-bond acceptors (Lipinski definition) is 2. The van der Waals surface area contributed by atoms with E-state index in [0.29, 0.717) is 0 Å². The van der Waals surface area contributed by atoms with Crippen LogP contribution in [-0.4, -0.2) is 13.2 Å². The number of fused-ring (bicyclic) bond motifs is 1. The molecule has 2 aromatic rings. The maximum absolute atomic E-state index is 5.87. The molecule has 0 atom stereocenters. The molecule has 0 spiro atoms. The molecule has 24 heavy (non-hydrogen) atoms. The Labute approximate surface area is 145 Å². The minimum atomic E-state index is 0.809. The Morgan fingerprint density at radius 3 is 2.75 bits per heavy atom. The van der Waals surface area contributed by atoms with E-state index in [1.807, 2.05) is 0 Å². The standard InChI is InChI=1S/C22H27NO/c1-3-4-14-24-20-10-11-21-19(16-20)12-13-23-22(21)17(2)15-18-8-6-5-7-9-18/h5-11,16,23H,3-4,12-15H2,1-2H3/b22-17+. The van der Waals surface area contributed by atoms with Crippen molar-refractivity contribution in [2.45, 2.75) is 39.5 Å². The molecule has 126 valence electrons. The lowest BCUT2D eigenvalue weighted by molar-refractivity contribution is 0.309. The van der Waals surface area contributed by atoms with Crippen LogP contribution in [0.4, 0.5) is 0 Å². The summed E-state index contributed by atoms with van der Waals surface area (Å²) in [4.78, 5) is 0. The van der Waals surface area contributed by atoms with E-state index < -0.39 is 0 Å². The molecule has 1 aliphatic rings. The molecular weight excluding hydrogens is 294 g/mol. The number of allylic oxidation sites excluding steroid dienone is 1. The SMILES string of the molecule is CCCCOc1ccc2c(c1)CCN/C2=C(\C)Cc1ccccc1. The lowest BCUT2D eigenvalue weighted by Crippen LogP contribution is -2.24. The third kappa shape index (κ3) is 4.00. The van der Waals surface area contributed by atoms with E-state index in [1.54, 1.807) is 0 Å². The third-order valence-corrected chi connectivity index (χ3v) is 4.55. The normalized spacial score (nSPS) is 15.4. The Hall–Kier alpha value is -2.22. The number of unbranched alkanes of at least 4 members (excludes halogenated alkanes) is 1. The van der Waals surface area contributed by atoms with Gasteiger partial charge in [-0.25, -0.2) is 0 Å². The largest absolute Gasteiger partial charge is 0.494 e. The van der Waals surface area contributed by atoms with Crippen molar-refractivity contribution in [3.63, 3.8) is 0 Å². The van der Waals surface area contributed by atoms with Crippen molar-refractivity contribution in [2.24, 2.45) is 0 Å². The van der Waals surface area contributed by atoms with Gasteiger partial charge in [-0.05, 0) is 61.1 Å². The van der Waals surface area contributed by atoms with Crippen LogP contribution in [0.2, 0.25) is 0 Å². The summed E-state index contributed by atoms with van der Waals surface area (Å²) in [6.07, 6.45) is 4.32. The van der Waals surface area contributed by atoms with E-state index >= 15 is 0 Å². The summed E-state index contributed by atoms with van der Waals surface area (Å²) < 4.78 is 5.87. The van der Waals surface area contributed by atoms with Gasteiger partial charge in [-0.15, -0.1) is 0 Å². The summed E-state index contributed by atoms with van der Waals surface area (Å²) >= 11 is 0. The van der Waals surface area contributed by atoms with Crippen molar-refractivity contribution in [1.82, 2.24) is 5.32 Å². The average Bonchev–Trinajstić information content (AvgIpc) is 2.62. The first-order chi connectivity index (χ1) is 11.8. The molecule has 0 unspecified atom stereocenters. The highest BCUT2D eigenvalue weighted by Crippen LogP contribution is 2.29. The van der Waals surface area contributed by atoms with Gasteiger partial charge >= 0.3 is 0 Å². The molecule has 0 radical (unpaired) electrons. The van der Waals surface area contributed by atoms with Crippen LogP contribution >= 0.6 is 0 Å². The molecule has 1 N–H and O–H groups in total. The summed E-state index contributed by atoms with van der Waals surface area (Å²) in [7, 11) is 0. The van der Waals surface area contributed by atoms with Gasteiger partial charge in [-0.3, -0.25) is 0 Å². The van der Waals surface area contributed by atoms with Crippen molar-refractivity contribution >= 4 is 5.70 Å². The second kappa shape index (κ2) is 8.05. The van der Waals surface area contributed by atoms with Gasteiger partial charge < -0.3 is 10.1 Å². The lowest BCUT2D eigenvalue weighted by Gasteiger charge is -2.24. The van der Waals surface area contributed by atoms with Gasteiger partial charge in [0.15, 0.2) is 0 Å². The van der Waals surface area contributed by atoms with E-state index in [0.717, 1.165) is 38.2 Å². The van der Waals surface area contributed by atoms with Crippen LogP contribution in [0, 0.1) is 0 Å². The second-order valence-corrected chi connectivity index (χ2v) is 6.52. The molecule has 0 amide bonds. The van der Waals surface area contributed by atoms with Crippen molar-refractivity contribution in [1.29, 1.82) is 0 Å². The maximum Gasteiger partial charge on any atom is 0.119 e. The maximum atomic E-state index is 5.87. The Balaban J connectivity index is 1.81. The highest BCUT2D eigenvalue weighted by atomic mass is 16.5. The summed E-state index contributed by atoms with van der Waals surface area (Å²) in [6.45, 7) is 6.22. The zero-order valence-electron chi connectivity index (χ0n) is 14.8. The van der Waals surface area contributed by atoms with Gasteiger partial charge in [0.2, 0.25) is 0 Å². The molecule has 2 heteroatoms. The molecule has 0 saturated heterocycles. The third-order valence-electron chi connectivity index (χ3n) is 4.55. The summed E-state index contributed by atoms with van der Waals surface area (Å²) in [5.41, 5.74) is 6.76. The lowest BCUT2D eigenvalue weighted by atomic mass is 9.93. The van der Waals surface area contributed by atoms with Crippen LogP contribution in [0.3, 0.4) is 0 Å². The Bertz CT molecular complexity index is 703. The van der Waals surface area contributed by atoms with E-state index in [4.69, 9.17) is 4.74 Å². The molecule has 0 aromatic heterocycles. The molecule has 2 nitrogen and oxygen atoms in total. The molecule has 0 bridgehead atoms. The topological polar surface area (TPSA) is 21.3 Å². The summed E-state index contributed by atoms with van der Waals surface area (Å²) in [5.74, 6) is 1.00. The second-order valence-electron chi connectivity index (χ2n) is 6.52. The fourth-order valence-corrected chi connectivity index (χ4v) is 3.23. The van der Waals surface area contributed by atoms with Gasteiger partial charge in [0.25, 0.3) is 0 Å². The number of nitrogens with one attached hydrogen (secondary N) is 1. The molecule has 3 rings (SSSR count). The number of rotatable bonds is 6. The Morgan fingerprint density at radius 2 is 1.96 bits per heavy atom. The predicted molar refractivity (Wildman–Crippen MR) is 101 cm³/mol. The van der Waals surface area contributed by atoms with Crippen LogP contribution in [-0.2, 0) is 12.8 Å². The highest BCUT2D eigenvalue weighted by Gasteiger charge is 2.16. The van der Waals surface area contributed by atoms with Crippen molar-refractivity contribution in [3.05, 3.63) is 70.8 Å². The van der Waals surface area contributed by atoms with E-state index in [9.17, 15) is 0 Å². The highest BCUT2D eigenvalue weighted by molar-refractivity contribution is 5.72. The van der Waals surface area contributed by atoms with Gasteiger partial charge in [0, 0.05) is 17.8 Å². The minimum absolute atomic E-state index is 0.809. The smallest absolute Gasteiger partial charge is 0.119 e. The molecule has 0 aliphatic carbocycles. The van der Waals surface area contributed by atoms with Crippen LogP contribution in [0.1, 0.15) is 43.4 Å². The monoisotopic (exact) mass is 321 g/mol. The predicted octanol–water partition coefficient (Wildman–Crippen LogP) is 4.98. The first-order valence-corrected chi connectivity index (χ1v) is 9.01. The zero-order chi connectivity index (χ0) is 16.8. The van der Waals surface area contributed by atoms with E-state index in [1.165, 1.54) is 34.4 Å². The molecule has 0 saturated carbocycles. The van der Waals surface area contributed by atoms with Crippen LogP contribution in [0.15, 0.2) is 54.1 Å². The first-order valence-electron chi connectivity index (χ1n) is 9.01. The van der Waals surface area contributed by atoms with Crippen LogP contribution in [0.5, 0.6) is 5.75 Å². The van der Waals surface area contributed by atoms with Gasteiger partial charge in [-0.1, -0.05) is 43.7 Å². The fraction of sp³-hybridized carbons (Fsp3) is 0.364. The van der Waals surface area contributed by atoms with Crippen molar-refractivity contribution < 1.29 is 4.74 Å². The fourth-order valence-electron chi connectivity index (χ4n) is 3.23. The first kappa shape index (κ1) is 16.6. The molecule has 1 heterocycles. The number of benzene rings is 2. The number of ether oxygens (including phenoxy) is 1. The van der Waals surface area contributed by atoms with Gasteiger partial charge in [0.05, 0.1) is 6.61 Å². The average molecular weight is 321 g/mol. The Kier molecular flexibility index (Phi) is 5.58. The minimum Gasteiger partial charge on any atom is -0.494 e. The molecule has 2 aromatic carbocycles. The van der Waals surface area contributed by atoms with Gasteiger partial charge in [0.1, 0.15) is 5.75 Å². The summed E-state index contributed by atoms with van der Waals surface area (Å²) in [6, 6.07) is 17.2. The van der Waals surface area contributed by atoms with Gasteiger partial charge in [-0.2, -0.15) is 0 Å². The Morgan fingerprint density at radius 1 is 1.12 bits per heavy atom. The van der Waals surface area contributed by atoms with E-state index in [-0.39, 0.29) is 0 Å². The zero-order valence-corrected chi connectivity index (χ0v) is 14.8. The summed E-state index contributed by atoms with van der Waals surface area (Å²) in [5, 5.41) is 3.61. The number of hydrogen-bond donors (Lipinski definition) is 1. The molecule has 0 fully saturated rings. The van der Waals surface area contributed by atoms with E-state index in [2.05, 4.69) is 67.7 Å². The van der Waals surface area contributed by atoms with Crippen LogP contribution in [0.25, 0.3) is 5.70 Å². The molecular formula is C22H27NO. The quantitative estimate of drug-likeness (QED) is 0.757. The van der Waals surface area contributed by atoms with Crippen LogP contribution < -0.4 is 10.1 Å². The molecule has 1 aliphatic heterocycles. The van der Waals surface area contributed by atoms with Crippen molar-refractivity contribution in [2.75, 3.05) is 13.2 Å².